The second-order valence-electron chi connectivity index (χ2n) is 5.69. The van der Waals surface area contributed by atoms with Crippen LogP contribution in [0.1, 0.15) is 43.9 Å². The average Bonchev–Trinajstić information content (AvgIpc) is 2.90. The fourth-order valence-electron chi connectivity index (χ4n) is 3.18. The Morgan fingerprint density at radius 2 is 2.22 bits per heavy atom. The third kappa shape index (κ3) is 2.72. The molecular weight excluding hydrogens is 246 g/mol. The number of hydrogen-bond acceptors (Lipinski definition) is 2. The summed E-state index contributed by atoms with van der Waals surface area (Å²) in [4.78, 5) is 0. The Balaban J connectivity index is 2.01. The monoisotopic (exact) mass is 269 g/mol. The topological polar surface area (TPSA) is 43.8 Å². The van der Waals surface area contributed by atoms with Crippen LogP contribution < -0.4 is 5.73 Å². The van der Waals surface area contributed by atoms with Crippen molar-refractivity contribution in [2.45, 2.75) is 52.0 Å². The van der Waals surface area contributed by atoms with E-state index in [-0.39, 0.29) is 6.04 Å². The van der Waals surface area contributed by atoms with Gasteiger partial charge in [0.25, 0.3) is 0 Å². The SMILES string of the molecule is CCC1CCC(C(N)Cc2c(C)nn(C)c2Cl)C1. The maximum Gasteiger partial charge on any atom is 0.130 e. The molecule has 3 nitrogen and oxygen atoms in total. The van der Waals surface area contributed by atoms with Crippen molar-refractivity contribution in [3.05, 3.63) is 16.4 Å². The Morgan fingerprint density at radius 3 is 2.72 bits per heavy atom. The minimum atomic E-state index is 0.224. The first-order chi connectivity index (χ1) is 8.52. The highest BCUT2D eigenvalue weighted by molar-refractivity contribution is 6.30. The van der Waals surface area contributed by atoms with E-state index in [4.69, 9.17) is 17.3 Å². The van der Waals surface area contributed by atoms with E-state index in [1.807, 2.05) is 14.0 Å². The van der Waals surface area contributed by atoms with E-state index in [0.29, 0.717) is 5.92 Å². The van der Waals surface area contributed by atoms with Crippen LogP contribution in [0.2, 0.25) is 5.15 Å². The van der Waals surface area contributed by atoms with Gasteiger partial charge in [-0.25, -0.2) is 0 Å². The number of hydrogen-bond donors (Lipinski definition) is 1. The molecule has 1 aromatic heterocycles. The van der Waals surface area contributed by atoms with Crippen LogP contribution in [-0.4, -0.2) is 15.8 Å². The van der Waals surface area contributed by atoms with Crippen LogP contribution in [-0.2, 0) is 13.5 Å². The molecule has 0 radical (unpaired) electrons. The molecule has 0 aliphatic heterocycles. The van der Waals surface area contributed by atoms with Crippen molar-refractivity contribution in [1.82, 2.24) is 9.78 Å². The quantitative estimate of drug-likeness (QED) is 0.913. The minimum absolute atomic E-state index is 0.224. The number of nitrogens with zero attached hydrogens (tertiary/aromatic N) is 2. The summed E-state index contributed by atoms with van der Waals surface area (Å²) >= 11 is 6.27. The molecule has 18 heavy (non-hydrogen) atoms. The van der Waals surface area contributed by atoms with Crippen LogP contribution >= 0.6 is 11.6 Å². The summed E-state index contributed by atoms with van der Waals surface area (Å²) in [7, 11) is 1.88. The van der Waals surface area contributed by atoms with Crippen molar-refractivity contribution in [3.8, 4) is 0 Å². The summed E-state index contributed by atoms with van der Waals surface area (Å²) in [5, 5.41) is 5.09. The summed E-state index contributed by atoms with van der Waals surface area (Å²) in [6.07, 6.45) is 6.05. The van der Waals surface area contributed by atoms with Gasteiger partial charge in [0.2, 0.25) is 0 Å². The Hall–Kier alpha value is -0.540. The van der Waals surface area contributed by atoms with Crippen molar-refractivity contribution < 1.29 is 0 Å². The minimum Gasteiger partial charge on any atom is -0.327 e. The molecule has 1 aliphatic carbocycles. The van der Waals surface area contributed by atoms with Crippen molar-refractivity contribution in [2.24, 2.45) is 24.6 Å². The lowest BCUT2D eigenvalue weighted by molar-refractivity contribution is 0.404. The van der Waals surface area contributed by atoms with Gasteiger partial charge in [-0.05, 0) is 38.0 Å². The Kier molecular flexibility index (Phi) is 4.33. The van der Waals surface area contributed by atoms with Gasteiger partial charge >= 0.3 is 0 Å². The summed E-state index contributed by atoms with van der Waals surface area (Å²) < 4.78 is 1.74. The summed E-state index contributed by atoms with van der Waals surface area (Å²) in [6.45, 7) is 4.29. The van der Waals surface area contributed by atoms with Crippen molar-refractivity contribution in [2.75, 3.05) is 0 Å². The lowest BCUT2D eigenvalue weighted by Crippen LogP contribution is -2.31. The van der Waals surface area contributed by atoms with Crippen LogP contribution in [0.4, 0.5) is 0 Å². The zero-order chi connectivity index (χ0) is 13.3. The fourth-order valence-corrected chi connectivity index (χ4v) is 3.43. The smallest absolute Gasteiger partial charge is 0.130 e. The lowest BCUT2D eigenvalue weighted by atomic mass is 9.92. The largest absolute Gasteiger partial charge is 0.327 e. The summed E-state index contributed by atoms with van der Waals surface area (Å²) in [6, 6.07) is 0.224. The van der Waals surface area contributed by atoms with E-state index in [9.17, 15) is 0 Å². The third-order valence-electron chi connectivity index (χ3n) is 4.47. The van der Waals surface area contributed by atoms with E-state index in [0.717, 1.165) is 28.7 Å². The van der Waals surface area contributed by atoms with Gasteiger partial charge < -0.3 is 5.73 Å². The van der Waals surface area contributed by atoms with E-state index in [1.165, 1.54) is 25.7 Å². The van der Waals surface area contributed by atoms with Gasteiger partial charge in [0.1, 0.15) is 5.15 Å². The molecule has 102 valence electrons. The number of rotatable bonds is 4. The van der Waals surface area contributed by atoms with E-state index >= 15 is 0 Å². The van der Waals surface area contributed by atoms with Crippen LogP contribution in [0.25, 0.3) is 0 Å². The number of halogens is 1. The Morgan fingerprint density at radius 1 is 1.50 bits per heavy atom. The zero-order valence-corrected chi connectivity index (χ0v) is 12.4. The molecule has 0 spiro atoms. The van der Waals surface area contributed by atoms with Gasteiger partial charge in [0.15, 0.2) is 0 Å². The summed E-state index contributed by atoms with van der Waals surface area (Å²) in [5.41, 5.74) is 8.53. The molecule has 2 rings (SSSR count). The first kappa shape index (κ1) is 13.9. The molecule has 1 aromatic rings. The first-order valence-electron chi connectivity index (χ1n) is 6.96. The van der Waals surface area contributed by atoms with Crippen LogP contribution in [0.5, 0.6) is 0 Å². The average molecular weight is 270 g/mol. The second kappa shape index (κ2) is 5.62. The van der Waals surface area contributed by atoms with Crippen LogP contribution in [0.15, 0.2) is 0 Å². The standard InChI is InChI=1S/C14H24ClN3/c1-4-10-5-6-11(7-10)13(16)8-12-9(2)17-18(3)14(12)15/h10-11,13H,4-8,16H2,1-3H3. The molecule has 2 N–H and O–H groups in total. The first-order valence-corrected chi connectivity index (χ1v) is 7.34. The molecule has 1 fully saturated rings. The number of aryl methyl sites for hydroxylation is 2. The Bertz CT molecular complexity index is 413. The summed E-state index contributed by atoms with van der Waals surface area (Å²) in [5.74, 6) is 1.54. The molecule has 3 unspecified atom stereocenters. The van der Waals surface area contributed by atoms with Gasteiger partial charge in [-0.2, -0.15) is 5.10 Å². The van der Waals surface area contributed by atoms with Crippen LogP contribution in [0, 0.1) is 18.8 Å². The van der Waals surface area contributed by atoms with Gasteiger partial charge in [0, 0.05) is 18.7 Å². The molecule has 1 aliphatic rings. The molecule has 1 saturated carbocycles. The van der Waals surface area contributed by atoms with Gasteiger partial charge in [-0.1, -0.05) is 31.4 Å². The van der Waals surface area contributed by atoms with Gasteiger partial charge in [-0.3, -0.25) is 4.68 Å². The highest BCUT2D eigenvalue weighted by Gasteiger charge is 2.29. The van der Waals surface area contributed by atoms with Crippen molar-refractivity contribution >= 4 is 11.6 Å². The van der Waals surface area contributed by atoms with Crippen molar-refractivity contribution in [3.63, 3.8) is 0 Å². The van der Waals surface area contributed by atoms with Crippen molar-refractivity contribution in [1.29, 1.82) is 0 Å². The second-order valence-corrected chi connectivity index (χ2v) is 6.05. The molecule has 0 aromatic carbocycles. The van der Waals surface area contributed by atoms with E-state index < -0.39 is 0 Å². The molecular formula is C14H24ClN3. The highest BCUT2D eigenvalue weighted by Crippen LogP contribution is 2.35. The predicted octanol–water partition coefficient (Wildman–Crippen LogP) is 3.08. The molecule has 4 heteroatoms. The Labute approximate surface area is 115 Å². The zero-order valence-electron chi connectivity index (χ0n) is 11.6. The predicted molar refractivity (Wildman–Crippen MR) is 75.8 cm³/mol. The normalized spacial score (nSPS) is 25.6. The van der Waals surface area contributed by atoms with Crippen LogP contribution in [0.3, 0.4) is 0 Å². The van der Waals surface area contributed by atoms with E-state index in [1.54, 1.807) is 4.68 Å². The van der Waals surface area contributed by atoms with Gasteiger partial charge in [-0.15, -0.1) is 0 Å². The number of aromatic nitrogens is 2. The fraction of sp³-hybridized carbons (Fsp3) is 0.786. The molecule has 0 amide bonds. The molecule has 0 bridgehead atoms. The number of nitrogens with two attached hydrogens (primary N) is 1. The maximum absolute atomic E-state index is 6.38. The molecule has 3 atom stereocenters. The highest BCUT2D eigenvalue weighted by atomic mass is 35.5. The molecule has 1 heterocycles. The maximum atomic E-state index is 6.38. The lowest BCUT2D eigenvalue weighted by Gasteiger charge is -2.19. The van der Waals surface area contributed by atoms with Gasteiger partial charge in [0.05, 0.1) is 5.69 Å². The third-order valence-corrected chi connectivity index (χ3v) is 4.95. The molecule has 0 saturated heterocycles. The van der Waals surface area contributed by atoms with E-state index in [2.05, 4.69) is 12.0 Å².